The molecule has 2 atom stereocenters. The van der Waals surface area contributed by atoms with Gasteiger partial charge in [0, 0.05) is 18.9 Å². The second kappa shape index (κ2) is 6.67. The maximum absolute atomic E-state index is 5.98. The van der Waals surface area contributed by atoms with E-state index in [1.807, 2.05) is 30.3 Å². The molecule has 0 aliphatic carbocycles. The lowest BCUT2D eigenvalue weighted by Crippen LogP contribution is -2.34. The van der Waals surface area contributed by atoms with E-state index < -0.39 is 0 Å². The van der Waals surface area contributed by atoms with Crippen molar-refractivity contribution >= 4 is 17.4 Å². The van der Waals surface area contributed by atoms with Crippen molar-refractivity contribution in [2.45, 2.75) is 12.1 Å². The molecule has 6 heteroatoms. The lowest BCUT2D eigenvalue weighted by molar-refractivity contribution is 0.0677. The summed E-state index contributed by atoms with van der Waals surface area (Å²) in [6, 6.07) is 11.1. The summed E-state index contributed by atoms with van der Waals surface area (Å²) in [5.74, 6) is 6.05. The van der Waals surface area contributed by atoms with Gasteiger partial charge < -0.3 is 10.5 Å². The van der Waals surface area contributed by atoms with Gasteiger partial charge in [0.15, 0.2) is 0 Å². The number of halogens is 1. The average molecular weight is 293 g/mol. The molecule has 20 heavy (non-hydrogen) atoms. The Bertz CT molecular complexity index is 564. The molecule has 106 valence electrons. The first kappa shape index (κ1) is 14.7. The van der Waals surface area contributed by atoms with Crippen LogP contribution in [-0.4, -0.2) is 12.1 Å². The normalized spacial score (nSPS) is 13.9. The first-order valence-corrected chi connectivity index (χ1v) is 6.50. The summed E-state index contributed by atoms with van der Waals surface area (Å²) >= 11 is 5.98. The smallest absolute Gasteiger partial charge is 0.128 e. The molecule has 2 aromatic rings. The SMILES string of the molecule is COC(c1ccccc1)C(NN)c1cc(Cl)cnc1N. The largest absolute Gasteiger partial charge is 0.383 e. The number of benzene rings is 1. The lowest BCUT2D eigenvalue weighted by Gasteiger charge is -2.26. The van der Waals surface area contributed by atoms with E-state index >= 15 is 0 Å². The van der Waals surface area contributed by atoms with Crippen molar-refractivity contribution in [3.63, 3.8) is 0 Å². The average Bonchev–Trinajstić information content (AvgIpc) is 2.48. The summed E-state index contributed by atoms with van der Waals surface area (Å²) in [6.45, 7) is 0. The Morgan fingerprint density at radius 1 is 1.30 bits per heavy atom. The van der Waals surface area contributed by atoms with E-state index in [1.165, 1.54) is 6.20 Å². The zero-order valence-electron chi connectivity index (χ0n) is 11.1. The summed E-state index contributed by atoms with van der Waals surface area (Å²) in [4.78, 5) is 4.05. The van der Waals surface area contributed by atoms with Crippen molar-refractivity contribution < 1.29 is 4.74 Å². The maximum Gasteiger partial charge on any atom is 0.128 e. The van der Waals surface area contributed by atoms with Gasteiger partial charge in [0.05, 0.1) is 11.1 Å². The number of anilines is 1. The Labute approximate surface area is 122 Å². The molecule has 0 fully saturated rings. The van der Waals surface area contributed by atoms with Gasteiger partial charge in [-0.25, -0.2) is 10.4 Å². The van der Waals surface area contributed by atoms with E-state index in [0.717, 1.165) is 5.56 Å². The molecule has 0 aliphatic rings. The summed E-state index contributed by atoms with van der Waals surface area (Å²) in [5.41, 5.74) is 10.3. The van der Waals surface area contributed by atoms with Crippen molar-refractivity contribution in [1.82, 2.24) is 10.4 Å². The van der Waals surface area contributed by atoms with E-state index in [2.05, 4.69) is 10.4 Å². The number of nitrogens with two attached hydrogens (primary N) is 2. The van der Waals surface area contributed by atoms with E-state index in [9.17, 15) is 0 Å². The minimum absolute atomic E-state index is 0.302. The summed E-state index contributed by atoms with van der Waals surface area (Å²) < 4.78 is 5.57. The van der Waals surface area contributed by atoms with Gasteiger partial charge in [-0.2, -0.15) is 0 Å². The van der Waals surface area contributed by atoms with E-state index in [1.54, 1.807) is 13.2 Å². The van der Waals surface area contributed by atoms with Crippen molar-refractivity contribution in [2.75, 3.05) is 12.8 Å². The number of rotatable bonds is 5. The van der Waals surface area contributed by atoms with Crippen LogP contribution in [0.2, 0.25) is 5.02 Å². The predicted octanol–water partition coefficient (Wildman–Crippen LogP) is 2.21. The number of nitrogens with zero attached hydrogens (tertiary/aromatic N) is 1. The highest BCUT2D eigenvalue weighted by atomic mass is 35.5. The molecule has 0 radical (unpaired) electrons. The van der Waals surface area contributed by atoms with Gasteiger partial charge >= 0.3 is 0 Å². The number of hydrogen-bond acceptors (Lipinski definition) is 5. The highest BCUT2D eigenvalue weighted by molar-refractivity contribution is 6.30. The maximum atomic E-state index is 5.98. The quantitative estimate of drug-likeness (QED) is 0.581. The van der Waals surface area contributed by atoms with Crippen LogP contribution in [0, 0.1) is 0 Å². The number of hydrogen-bond donors (Lipinski definition) is 3. The first-order chi connectivity index (χ1) is 9.67. The lowest BCUT2D eigenvalue weighted by atomic mass is 9.96. The van der Waals surface area contributed by atoms with Crippen molar-refractivity contribution in [1.29, 1.82) is 0 Å². The number of methoxy groups -OCH3 is 1. The minimum Gasteiger partial charge on any atom is -0.383 e. The molecule has 5 nitrogen and oxygen atoms in total. The molecule has 2 rings (SSSR count). The summed E-state index contributed by atoms with van der Waals surface area (Å²) in [7, 11) is 1.62. The zero-order chi connectivity index (χ0) is 14.5. The van der Waals surface area contributed by atoms with Gasteiger partial charge in [0.2, 0.25) is 0 Å². The van der Waals surface area contributed by atoms with Crippen molar-refractivity contribution in [2.24, 2.45) is 5.84 Å². The second-order valence-corrected chi connectivity index (χ2v) is 4.78. The Morgan fingerprint density at radius 2 is 2.00 bits per heavy atom. The third-order valence-corrected chi connectivity index (χ3v) is 3.32. The summed E-state index contributed by atoms with van der Waals surface area (Å²) in [6.07, 6.45) is 1.20. The van der Waals surface area contributed by atoms with E-state index in [4.69, 9.17) is 27.9 Å². The van der Waals surface area contributed by atoms with Gasteiger partial charge in [-0.05, 0) is 11.6 Å². The molecular formula is C14H17ClN4O. The van der Waals surface area contributed by atoms with Crippen LogP contribution < -0.4 is 17.0 Å². The molecule has 5 N–H and O–H groups in total. The van der Waals surface area contributed by atoms with Crippen LogP contribution in [0.15, 0.2) is 42.6 Å². The molecule has 0 bridgehead atoms. The van der Waals surface area contributed by atoms with Crippen LogP contribution in [0.5, 0.6) is 0 Å². The molecule has 0 spiro atoms. The van der Waals surface area contributed by atoms with Crippen LogP contribution in [0.25, 0.3) is 0 Å². The van der Waals surface area contributed by atoms with E-state index in [0.29, 0.717) is 16.4 Å². The highest BCUT2D eigenvalue weighted by Gasteiger charge is 2.26. The highest BCUT2D eigenvalue weighted by Crippen LogP contribution is 2.34. The fourth-order valence-electron chi connectivity index (χ4n) is 2.16. The Morgan fingerprint density at radius 3 is 2.60 bits per heavy atom. The third-order valence-electron chi connectivity index (χ3n) is 3.12. The van der Waals surface area contributed by atoms with E-state index in [-0.39, 0.29) is 12.1 Å². The van der Waals surface area contributed by atoms with Gasteiger partial charge in [0.1, 0.15) is 11.9 Å². The first-order valence-electron chi connectivity index (χ1n) is 6.12. The number of ether oxygens (including phenoxy) is 1. The molecule has 0 aliphatic heterocycles. The number of nitrogens with one attached hydrogen (secondary N) is 1. The number of pyridine rings is 1. The van der Waals surface area contributed by atoms with Crippen LogP contribution in [0.1, 0.15) is 23.3 Å². The molecule has 1 heterocycles. The van der Waals surface area contributed by atoms with Crippen LogP contribution in [-0.2, 0) is 4.74 Å². The molecule has 2 unspecified atom stereocenters. The van der Waals surface area contributed by atoms with Crippen LogP contribution in [0.3, 0.4) is 0 Å². The van der Waals surface area contributed by atoms with Crippen molar-refractivity contribution in [3.05, 3.63) is 58.7 Å². The molecule has 0 saturated carbocycles. The molecule has 0 saturated heterocycles. The predicted molar refractivity (Wildman–Crippen MR) is 79.9 cm³/mol. The Balaban J connectivity index is 2.42. The minimum atomic E-state index is -0.353. The number of hydrazine groups is 1. The molecular weight excluding hydrogens is 276 g/mol. The zero-order valence-corrected chi connectivity index (χ0v) is 11.8. The second-order valence-electron chi connectivity index (χ2n) is 4.34. The molecule has 1 aromatic heterocycles. The Hall–Kier alpha value is -1.66. The number of aromatic nitrogens is 1. The fourth-order valence-corrected chi connectivity index (χ4v) is 2.33. The van der Waals surface area contributed by atoms with Gasteiger partial charge in [0.25, 0.3) is 0 Å². The summed E-state index contributed by atoms with van der Waals surface area (Å²) in [5, 5.41) is 0.498. The van der Waals surface area contributed by atoms with Gasteiger partial charge in [-0.3, -0.25) is 5.84 Å². The monoisotopic (exact) mass is 292 g/mol. The molecule has 1 aromatic carbocycles. The van der Waals surface area contributed by atoms with Crippen LogP contribution >= 0.6 is 11.6 Å². The van der Waals surface area contributed by atoms with Crippen molar-refractivity contribution in [3.8, 4) is 0 Å². The third kappa shape index (κ3) is 3.08. The standard InChI is InChI=1S/C14H17ClN4O/c1-20-13(9-5-3-2-4-6-9)12(19-17)11-7-10(15)8-18-14(11)16/h2-8,12-13,19H,17H2,1H3,(H2,16,18). The van der Waals surface area contributed by atoms with Gasteiger partial charge in [-0.1, -0.05) is 41.9 Å². The fraction of sp³-hybridized carbons (Fsp3) is 0.214. The van der Waals surface area contributed by atoms with Gasteiger partial charge in [-0.15, -0.1) is 0 Å². The topological polar surface area (TPSA) is 86.2 Å². The Kier molecular flexibility index (Phi) is 4.92. The molecule has 0 amide bonds. The van der Waals surface area contributed by atoms with Crippen LogP contribution in [0.4, 0.5) is 5.82 Å². The number of nitrogen functional groups attached to an aromatic ring is 1.